The maximum absolute atomic E-state index is 12.5. The van der Waals surface area contributed by atoms with E-state index in [1.807, 2.05) is 7.05 Å². The van der Waals surface area contributed by atoms with Crippen LogP contribution < -0.4 is 5.56 Å². The number of hydrogen-bond donors (Lipinski definition) is 0. The van der Waals surface area contributed by atoms with E-state index in [2.05, 4.69) is 11.9 Å². The number of hydrogen-bond acceptors (Lipinski definition) is 4. The Labute approximate surface area is 114 Å². The summed E-state index contributed by atoms with van der Waals surface area (Å²) in [5.41, 5.74) is 1.41. The van der Waals surface area contributed by atoms with Crippen LogP contribution in [0.25, 0.3) is 10.2 Å². The average molecular weight is 280 g/mol. The maximum atomic E-state index is 12.5. The van der Waals surface area contributed by atoms with E-state index in [-0.39, 0.29) is 5.56 Å². The molecule has 0 N–H and O–H groups in total. The van der Waals surface area contributed by atoms with Crippen molar-refractivity contribution in [1.29, 1.82) is 0 Å². The van der Waals surface area contributed by atoms with Crippen LogP contribution in [-0.2, 0) is 19.9 Å². The van der Waals surface area contributed by atoms with Crippen LogP contribution in [0, 0.1) is 0 Å². The Kier molecular flexibility index (Phi) is 3.20. The molecule has 1 aliphatic rings. The van der Waals surface area contributed by atoms with Crippen LogP contribution in [0.1, 0.15) is 30.2 Å². The summed E-state index contributed by atoms with van der Waals surface area (Å²) >= 11 is 3.36. The maximum Gasteiger partial charge on any atom is 0.262 e. The predicted molar refractivity (Wildman–Crippen MR) is 77.9 cm³/mol. The zero-order valence-corrected chi connectivity index (χ0v) is 12.3. The smallest absolute Gasteiger partial charge is 0.262 e. The minimum Gasteiger partial charge on any atom is -0.290 e. The summed E-state index contributed by atoms with van der Waals surface area (Å²) in [4.78, 5) is 19.5. The highest BCUT2D eigenvalue weighted by Crippen LogP contribution is 2.34. The average Bonchev–Trinajstić information content (AvgIpc) is 2.74. The van der Waals surface area contributed by atoms with E-state index in [1.165, 1.54) is 23.3 Å². The van der Waals surface area contributed by atoms with E-state index < -0.39 is 0 Å². The molecule has 2 aromatic rings. The van der Waals surface area contributed by atoms with E-state index in [1.54, 1.807) is 27.7 Å². The number of thioether (sulfide) groups is 1. The van der Waals surface area contributed by atoms with Crippen molar-refractivity contribution in [2.45, 2.75) is 37.8 Å². The van der Waals surface area contributed by atoms with Crippen LogP contribution in [0.5, 0.6) is 0 Å². The van der Waals surface area contributed by atoms with E-state index in [4.69, 9.17) is 0 Å². The topological polar surface area (TPSA) is 34.9 Å². The van der Waals surface area contributed by atoms with Crippen molar-refractivity contribution >= 4 is 33.3 Å². The summed E-state index contributed by atoms with van der Waals surface area (Å²) in [7, 11) is 1.83. The highest BCUT2D eigenvalue weighted by Gasteiger charge is 2.20. The van der Waals surface area contributed by atoms with Gasteiger partial charge in [0.1, 0.15) is 4.83 Å². The molecule has 96 valence electrons. The van der Waals surface area contributed by atoms with Gasteiger partial charge in [-0.25, -0.2) is 4.98 Å². The highest BCUT2D eigenvalue weighted by molar-refractivity contribution is 7.99. The Balaban J connectivity index is 2.30. The van der Waals surface area contributed by atoms with Gasteiger partial charge in [0.2, 0.25) is 0 Å². The van der Waals surface area contributed by atoms with E-state index in [0.29, 0.717) is 0 Å². The molecule has 0 unspecified atom stereocenters. The van der Waals surface area contributed by atoms with Gasteiger partial charge in [-0.2, -0.15) is 0 Å². The van der Waals surface area contributed by atoms with Gasteiger partial charge >= 0.3 is 0 Å². The van der Waals surface area contributed by atoms with Crippen molar-refractivity contribution in [3.8, 4) is 0 Å². The molecule has 0 saturated carbocycles. The fourth-order valence-corrected chi connectivity index (χ4v) is 4.53. The molecule has 0 radical (unpaired) electrons. The standard InChI is InChI=1S/C13H16N2OS2/c1-3-17-13-14-11-10(12(16)15(13)2)8-6-4-5-7-9(8)18-11/h3-7H2,1-2H3. The fourth-order valence-electron chi connectivity index (χ4n) is 2.53. The van der Waals surface area contributed by atoms with Crippen molar-refractivity contribution in [2.24, 2.45) is 7.05 Å². The third kappa shape index (κ3) is 1.80. The number of thiophene rings is 1. The molecule has 0 aliphatic heterocycles. The van der Waals surface area contributed by atoms with E-state index in [9.17, 15) is 4.79 Å². The zero-order valence-electron chi connectivity index (χ0n) is 10.7. The second-order valence-corrected chi connectivity index (χ2v) is 6.90. The lowest BCUT2D eigenvalue weighted by molar-refractivity contribution is 0.695. The molecule has 1 aliphatic carbocycles. The predicted octanol–water partition coefficient (Wildman–Crippen LogP) is 2.99. The first-order chi connectivity index (χ1) is 8.72. The third-order valence-electron chi connectivity index (χ3n) is 3.43. The Morgan fingerprint density at radius 2 is 2.17 bits per heavy atom. The monoisotopic (exact) mass is 280 g/mol. The van der Waals surface area contributed by atoms with Gasteiger partial charge in [-0.05, 0) is 37.0 Å². The number of nitrogens with zero attached hydrogens (tertiary/aromatic N) is 2. The van der Waals surface area contributed by atoms with Crippen LogP contribution in [0.2, 0.25) is 0 Å². The molecular formula is C13H16N2OS2. The number of aryl methyl sites for hydroxylation is 2. The van der Waals surface area contributed by atoms with Crippen LogP contribution >= 0.6 is 23.1 Å². The van der Waals surface area contributed by atoms with Crippen molar-refractivity contribution in [3.05, 3.63) is 20.8 Å². The second-order valence-electron chi connectivity index (χ2n) is 4.58. The van der Waals surface area contributed by atoms with Crippen LogP contribution in [0.15, 0.2) is 9.95 Å². The molecule has 3 rings (SSSR count). The molecule has 0 spiro atoms. The molecule has 18 heavy (non-hydrogen) atoms. The van der Waals surface area contributed by atoms with Crippen molar-refractivity contribution in [2.75, 3.05) is 5.75 Å². The lowest BCUT2D eigenvalue weighted by atomic mass is 9.97. The molecule has 0 bridgehead atoms. The van der Waals surface area contributed by atoms with Crippen molar-refractivity contribution < 1.29 is 0 Å². The first kappa shape index (κ1) is 12.2. The Morgan fingerprint density at radius 3 is 2.94 bits per heavy atom. The summed E-state index contributed by atoms with van der Waals surface area (Å²) in [6, 6.07) is 0. The van der Waals surface area contributed by atoms with Gasteiger partial charge in [0, 0.05) is 11.9 Å². The summed E-state index contributed by atoms with van der Waals surface area (Å²) in [6.07, 6.45) is 4.62. The van der Waals surface area contributed by atoms with Gasteiger partial charge in [0.15, 0.2) is 5.16 Å². The molecule has 0 fully saturated rings. The van der Waals surface area contributed by atoms with Crippen LogP contribution in [-0.4, -0.2) is 15.3 Å². The first-order valence-electron chi connectivity index (χ1n) is 6.36. The lowest BCUT2D eigenvalue weighted by Crippen LogP contribution is -2.20. The molecular weight excluding hydrogens is 264 g/mol. The summed E-state index contributed by atoms with van der Waals surface area (Å²) in [5.74, 6) is 0.941. The first-order valence-corrected chi connectivity index (χ1v) is 8.16. The molecule has 5 heteroatoms. The Hall–Kier alpha value is -0.810. The van der Waals surface area contributed by atoms with Crippen molar-refractivity contribution in [1.82, 2.24) is 9.55 Å². The largest absolute Gasteiger partial charge is 0.290 e. The van der Waals surface area contributed by atoms with Crippen LogP contribution in [0.3, 0.4) is 0 Å². The number of fused-ring (bicyclic) bond motifs is 3. The minimum atomic E-state index is 0.135. The second kappa shape index (κ2) is 4.70. The fraction of sp³-hybridized carbons (Fsp3) is 0.538. The zero-order chi connectivity index (χ0) is 12.7. The summed E-state index contributed by atoms with van der Waals surface area (Å²) in [5, 5.41) is 1.73. The number of rotatable bonds is 2. The van der Waals surface area contributed by atoms with Crippen molar-refractivity contribution in [3.63, 3.8) is 0 Å². The van der Waals surface area contributed by atoms with E-state index >= 15 is 0 Å². The molecule has 3 nitrogen and oxygen atoms in total. The molecule has 2 aromatic heterocycles. The van der Waals surface area contributed by atoms with E-state index in [0.717, 1.165) is 34.0 Å². The quantitative estimate of drug-likeness (QED) is 0.626. The molecule has 0 saturated heterocycles. The SMILES string of the molecule is CCSc1nc2sc3c(c2c(=O)n1C)CCCC3. The molecule has 0 amide bonds. The van der Waals surface area contributed by atoms with Crippen LogP contribution in [0.4, 0.5) is 0 Å². The molecule has 0 aromatic carbocycles. The Bertz CT molecular complexity index is 657. The molecule has 2 heterocycles. The van der Waals surface area contributed by atoms with Gasteiger partial charge in [-0.15, -0.1) is 11.3 Å². The van der Waals surface area contributed by atoms with Gasteiger partial charge in [0.25, 0.3) is 5.56 Å². The van der Waals surface area contributed by atoms with Gasteiger partial charge in [0.05, 0.1) is 5.39 Å². The third-order valence-corrected chi connectivity index (χ3v) is 5.53. The lowest BCUT2D eigenvalue weighted by Gasteiger charge is -2.10. The summed E-state index contributed by atoms with van der Waals surface area (Å²) in [6.45, 7) is 2.08. The minimum absolute atomic E-state index is 0.135. The molecule has 0 atom stereocenters. The normalized spacial score (nSPS) is 15.0. The number of aromatic nitrogens is 2. The summed E-state index contributed by atoms with van der Waals surface area (Å²) < 4.78 is 1.71. The Morgan fingerprint density at radius 1 is 1.39 bits per heavy atom. The van der Waals surface area contributed by atoms with Gasteiger partial charge < -0.3 is 0 Å². The van der Waals surface area contributed by atoms with Gasteiger partial charge in [-0.3, -0.25) is 9.36 Å². The van der Waals surface area contributed by atoms with Gasteiger partial charge in [-0.1, -0.05) is 18.7 Å². The highest BCUT2D eigenvalue weighted by atomic mass is 32.2.